The molecule has 0 aromatic carbocycles. The van der Waals surface area contributed by atoms with Crippen LogP contribution in [0.5, 0.6) is 0 Å². The highest BCUT2D eigenvalue weighted by Crippen LogP contribution is 2.58. The molecule has 9 heteroatoms. The molecule has 0 aliphatic carbocycles. The van der Waals surface area contributed by atoms with Gasteiger partial charge >= 0.3 is 15.5 Å². The smallest absolute Gasteiger partial charge is 0.255 e. The van der Waals surface area contributed by atoms with Gasteiger partial charge in [-0.15, -0.1) is 4.20 Å². The molecule has 0 spiro atoms. The normalized spacial score (nSPS) is 16.6. The summed E-state index contributed by atoms with van der Waals surface area (Å²) in [5, 5.41) is 7.31. The van der Waals surface area contributed by atoms with Gasteiger partial charge in [-0.2, -0.15) is 0 Å². The van der Waals surface area contributed by atoms with E-state index in [2.05, 4.69) is 19.6 Å². The predicted molar refractivity (Wildman–Crippen MR) is 72.2 cm³/mol. The minimum Gasteiger partial charge on any atom is -0.255 e. The fraction of sp³-hybridized carbons (Fsp3) is 1.00. The van der Waals surface area contributed by atoms with Gasteiger partial charge in [0.15, 0.2) is 0 Å². The van der Waals surface area contributed by atoms with Gasteiger partial charge in [0.05, 0.1) is 0 Å². The summed E-state index contributed by atoms with van der Waals surface area (Å²) in [4.78, 5) is 0. The first kappa shape index (κ1) is 18.2. The lowest BCUT2D eigenvalue weighted by Gasteiger charge is -2.26. The van der Waals surface area contributed by atoms with Crippen LogP contribution in [0.2, 0.25) is 0 Å². The average molecular weight is 303 g/mol. The van der Waals surface area contributed by atoms with Crippen molar-refractivity contribution in [3.8, 4) is 0 Å². The zero-order chi connectivity index (χ0) is 14.6. The Kier molecular flexibility index (Phi) is 7.22. The van der Waals surface area contributed by atoms with Crippen molar-refractivity contribution in [2.75, 3.05) is 0 Å². The highest BCUT2D eigenvalue weighted by Gasteiger charge is 2.36. The van der Waals surface area contributed by atoms with Gasteiger partial charge in [-0.05, 0) is 41.5 Å². The van der Waals surface area contributed by atoms with E-state index in [1.807, 2.05) is 0 Å². The van der Waals surface area contributed by atoms with E-state index in [4.69, 9.17) is 0 Å². The van der Waals surface area contributed by atoms with Crippen LogP contribution in [-0.2, 0) is 13.4 Å². The van der Waals surface area contributed by atoms with Crippen LogP contribution in [0.3, 0.4) is 0 Å². The van der Waals surface area contributed by atoms with Crippen LogP contribution in [0.25, 0.3) is 0 Å². The van der Waals surface area contributed by atoms with Crippen molar-refractivity contribution in [2.24, 2.45) is 0 Å². The van der Waals surface area contributed by atoms with Gasteiger partial charge in [0.2, 0.25) is 0 Å². The van der Waals surface area contributed by atoms with Gasteiger partial charge in [-0.3, -0.25) is 4.57 Å². The lowest BCUT2D eigenvalue weighted by atomic mass is 10.4. The zero-order valence-electron chi connectivity index (χ0n) is 11.7. The first-order valence-electron chi connectivity index (χ1n) is 5.90. The Bertz CT molecular complexity index is 336. The minimum absolute atomic E-state index is 0.207. The average Bonchev–Trinajstić information content (AvgIpc) is 1.92. The second-order valence-electron chi connectivity index (χ2n) is 4.96. The maximum absolute atomic E-state index is 13.7. The summed E-state index contributed by atoms with van der Waals surface area (Å²) in [6.45, 7) is 10.2. The molecule has 0 aromatic rings. The molecule has 0 rings (SSSR count). The van der Waals surface area contributed by atoms with Gasteiger partial charge in [0.25, 0.3) is 0 Å². The summed E-state index contributed by atoms with van der Waals surface area (Å²) in [7, 11) is -8.33. The van der Waals surface area contributed by atoms with Crippen molar-refractivity contribution >= 4 is 15.5 Å². The molecular formula is C9H24FN3O3P2. The number of rotatable bonds is 8. The molecule has 0 radical (unpaired) electrons. The molecular weight excluding hydrogens is 279 g/mol. The molecule has 0 saturated carbocycles. The van der Waals surface area contributed by atoms with Crippen LogP contribution in [0.1, 0.15) is 41.5 Å². The molecule has 110 valence electrons. The Morgan fingerprint density at radius 2 is 1.17 bits per heavy atom. The first-order valence-corrected chi connectivity index (χ1v) is 9.04. The van der Waals surface area contributed by atoms with Crippen LogP contribution in [0, 0.1) is 0 Å². The molecule has 0 heterocycles. The summed E-state index contributed by atoms with van der Waals surface area (Å²) in [5.41, 5.74) is 0. The highest BCUT2D eigenvalue weighted by molar-refractivity contribution is 7.66. The van der Waals surface area contributed by atoms with E-state index in [1.165, 1.54) is 0 Å². The molecule has 18 heavy (non-hydrogen) atoms. The van der Waals surface area contributed by atoms with Gasteiger partial charge < -0.3 is 0 Å². The number of halogens is 1. The fourth-order valence-electron chi connectivity index (χ4n) is 1.24. The Hall–Kier alpha value is 0.230. The van der Waals surface area contributed by atoms with Crippen molar-refractivity contribution in [1.29, 1.82) is 0 Å². The van der Waals surface area contributed by atoms with Crippen molar-refractivity contribution in [1.82, 2.24) is 15.3 Å². The van der Waals surface area contributed by atoms with Crippen molar-refractivity contribution in [3.05, 3.63) is 0 Å². The number of nitrogens with one attached hydrogen (secondary N) is 3. The topological polar surface area (TPSA) is 79.5 Å². The van der Waals surface area contributed by atoms with Gasteiger partial charge in [0.1, 0.15) is 0 Å². The van der Waals surface area contributed by atoms with Crippen LogP contribution in [0.15, 0.2) is 0 Å². The maximum Gasteiger partial charge on any atom is 0.450 e. The van der Waals surface area contributed by atoms with Crippen molar-refractivity contribution in [3.63, 3.8) is 0 Å². The Balaban J connectivity index is 4.89. The van der Waals surface area contributed by atoms with E-state index in [1.54, 1.807) is 41.5 Å². The summed E-state index contributed by atoms with van der Waals surface area (Å²) in [6, 6.07) is -0.797. The molecule has 0 aliphatic rings. The summed E-state index contributed by atoms with van der Waals surface area (Å²) < 4.78 is 42.3. The summed E-state index contributed by atoms with van der Waals surface area (Å²) in [5.74, 6) is 0. The molecule has 0 aliphatic heterocycles. The van der Waals surface area contributed by atoms with Crippen LogP contribution >= 0.6 is 15.5 Å². The Morgan fingerprint density at radius 1 is 0.833 bits per heavy atom. The number of hydrogen-bond donors (Lipinski definition) is 3. The molecule has 0 amide bonds. The van der Waals surface area contributed by atoms with Gasteiger partial charge in [-0.25, -0.2) is 24.1 Å². The van der Waals surface area contributed by atoms with E-state index < -0.39 is 15.5 Å². The highest BCUT2D eigenvalue weighted by atomic mass is 31.3. The molecule has 0 saturated heterocycles. The molecule has 3 N–H and O–H groups in total. The third kappa shape index (κ3) is 8.35. The van der Waals surface area contributed by atoms with Crippen LogP contribution in [-0.4, -0.2) is 18.1 Å². The van der Waals surface area contributed by atoms with Gasteiger partial charge in [0, 0.05) is 18.1 Å². The minimum atomic E-state index is -4.62. The largest absolute Gasteiger partial charge is 0.450 e. The maximum atomic E-state index is 13.7. The molecule has 0 aromatic heterocycles. The number of hydrogen-bond acceptors (Lipinski definition) is 3. The van der Waals surface area contributed by atoms with E-state index in [-0.39, 0.29) is 18.1 Å². The second kappa shape index (κ2) is 7.13. The molecule has 1 atom stereocenters. The first-order chi connectivity index (χ1) is 7.96. The van der Waals surface area contributed by atoms with E-state index >= 15 is 0 Å². The zero-order valence-corrected chi connectivity index (χ0v) is 13.5. The standard InChI is InChI=1S/C9H24FN3O3P2/c1-7(2)11-17(10,14)16-18(15,12-8(3)4)13-9(5)6/h7-9H,1-6H3,(H,11,14)(H2,12,13,15). The molecule has 6 nitrogen and oxygen atoms in total. The summed E-state index contributed by atoms with van der Waals surface area (Å²) in [6.07, 6.45) is 0. The lowest BCUT2D eigenvalue weighted by molar-refractivity contribution is 0.382. The van der Waals surface area contributed by atoms with Crippen molar-refractivity contribution < 1.29 is 17.6 Å². The molecule has 0 bridgehead atoms. The Labute approximate surface area is 109 Å². The van der Waals surface area contributed by atoms with Crippen molar-refractivity contribution in [2.45, 2.75) is 59.7 Å². The third-order valence-corrected chi connectivity index (χ3v) is 5.79. The third-order valence-electron chi connectivity index (χ3n) is 1.49. The van der Waals surface area contributed by atoms with Gasteiger partial charge in [-0.1, -0.05) is 0 Å². The van der Waals surface area contributed by atoms with E-state index in [0.717, 1.165) is 0 Å². The second-order valence-corrected chi connectivity index (χ2v) is 8.45. The summed E-state index contributed by atoms with van der Waals surface area (Å²) >= 11 is 0. The predicted octanol–water partition coefficient (Wildman–Crippen LogP) is 3.18. The Morgan fingerprint density at radius 3 is 1.44 bits per heavy atom. The molecule has 0 fully saturated rings. The van der Waals surface area contributed by atoms with E-state index in [9.17, 15) is 13.3 Å². The fourth-order valence-corrected chi connectivity index (χ4v) is 5.04. The van der Waals surface area contributed by atoms with Crippen LogP contribution < -0.4 is 15.3 Å². The lowest BCUT2D eigenvalue weighted by Crippen LogP contribution is -2.33. The van der Waals surface area contributed by atoms with Crippen LogP contribution in [0.4, 0.5) is 4.20 Å². The monoisotopic (exact) mass is 303 g/mol. The van der Waals surface area contributed by atoms with E-state index in [0.29, 0.717) is 0 Å². The SMILES string of the molecule is CC(C)NP(=O)(F)OP(=O)(NC(C)C)NC(C)C. The molecule has 1 unspecified atom stereocenters. The quantitative estimate of drug-likeness (QED) is 0.598.